The Bertz CT molecular complexity index is 2060. The van der Waals surface area contributed by atoms with Crippen molar-refractivity contribution < 1.29 is 23.4 Å². The number of halogens is 3. The number of ether oxygens (including phenoxy) is 1. The molecule has 0 saturated carbocycles. The van der Waals surface area contributed by atoms with Crippen LogP contribution in [0.4, 0.5) is 14.6 Å². The van der Waals surface area contributed by atoms with Crippen LogP contribution in [0.15, 0.2) is 42.6 Å². The molecule has 1 amide bonds. The van der Waals surface area contributed by atoms with Gasteiger partial charge in [0.2, 0.25) is 0 Å². The van der Waals surface area contributed by atoms with Crippen LogP contribution in [0.3, 0.4) is 0 Å². The van der Waals surface area contributed by atoms with Gasteiger partial charge in [-0.15, -0.1) is 0 Å². The first-order valence-corrected chi connectivity index (χ1v) is 17.4. The van der Waals surface area contributed by atoms with Gasteiger partial charge in [-0.3, -0.25) is 19.6 Å². The number of pyridine rings is 1. The molecule has 0 spiro atoms. The molecule has 2 aromatic heterocycles. The van der Waals surface area contributed by atoms with Crippen LogP contribution < -0.4 is 9.64 Å². The summed E-state index contributed by atoms with van der Waals surface area (Å²) >= 11 is 6.61. The lowest BCUT2D eigenvalue weighted by Gasteiger charge is -2.40. The number of alkyl halides is 1. The highest BCUT2D eigenvalue weighted by Crippen LogP contribution is 2.41. The maximum absolute atomic E-state index is 16.8. The molecule has 3 atom stereocenters. The topological polar surface area (TPSA) is 98.2 Å². The van der Waals surface area contributed by atoms with E-state index in [1.807, 2.05) is 48.2 Å². The average Bonchev–Trinajstić information content (AvgIpc) is 3.80. The van der Waals surface area contributed by atoms with Crippen molar-refractivity contribution in [2.75, 3.05) is 64.9 Å². The summed E-state index contributed by atoms with van der Waals surface area (Å²) in [6.07, 6.45) is 3.41. The molecule has 4 saturated heterocycles. The van der Waals surface area contributed by atoms with Crippen molar-refractivity contribution in [3.05, 3.63) is 53.4 Å². The summed E-state index contributed by atoms with van der Waals surface area (Å²) in [5.41, 5.74) is -0.935. The van der Waals surface area contributed by atoms with Gasteiger partial charge in [0.05, 0.1) is 10.9 Å². The molecule has 0 radical (unpaired) electrons. The van der Waals surface area contributed by atoms with Crippen molar-refractivity contribution >= 4 is 45.0 Å². The number of β-amino-alcohol motifs (C(OH)–C–C–N with tert-alkyl or cyclic N) is 1. The van der Waals surface area contributed by atoms with Gasteiger partial charge in [-0.05, 0) is 50.2 Å². The van der Waals surface area contributed by atoms with Crippen molar-refractivity contribution in [1.82, 2.24) is 29.7 Å². The van der Waals surface area contributed by atoms with E-state index in [2.05, 4.69) is 26.7 Å². The predicted octanol–water partition coefficient (Wildman–Crippen LogP) is 4.31. The van der Waals surface area contributed by atoms with Gasteiger partial charge in [0.15, 0.2) is 11.4 Å². The molecule has 6 heterocycles. The van der Waals surface area contributed by atoms with Crippen molar-refractivity contribution in [3.63, 3.8) is 0 Å². The van der Waals surface area contributed by atoms with Gasteiger partial charge in [-0.25, -0.2) is 8.78 Å². The predicted molar refractivity (Wildman–Crippen MR) is 187 cm³/mol. The maximum Gasteiger partial charge on any atom is 0.319 e. The monoisotopic (exact) mass is 701 g/mol. The van der Waals surface area contributed by atoms with E-state index in [9.17, 15) is 14.3 Å². The molecule has 50 heavy (non-hydrogen) atoms. The van der Waals surface area contributed by atoms with Crippen LogP contribution in [-0.4, -0.2) is 124 Å². The number of rotatable bonds is 6. The van der Waals surface area contributed by atoms with Crippen molar-refractivity contribution in [1.29, 1.82) is 0 Å². The highest BCUT2D eigenvalue weighted by molar-refractivity contribution is 6.36. The van der Waals surface area contributed by atoms with Gasteiger partial charge in [0.1, 0.15) is 29.8 Å². The fourth-order valence-electron chi connectivity index (χ4n) is 8.27. The number of carbonyl (C=O) groups is 1. The molecule has 4 fully saturated rings. The van der Waals surface area contributed by atoms with E-state index in [1.165, 1.54) is 0 Å². The number of hydrogen-bond acceptors (Lipinski definition) is 9. The molecule has 2 aromatic carbocycles. The number of hydrogen-bond donors (Lipinski definition) is 1. The quantitative estimate of drug-likeness (QED) is 0.295. The standard InChI is InChI=1S/C37H38ClF2N7O3/c1-44-20-37(49,21-44)13-10-29(48)46-15-11-25(19-46)45(2)34-27-17-41-32(26-8-3-6-23-7-4-9-28(38)30(23)26)31(40)33(27)42-35(43-34)50-22-36-12-5-14-47(36)18-24(39)16-36/h3-4,6-9,17,24-25,49H,5,11-12,14-16,18-22H2,1-2H3/t24-,25-,36+/m1/s1. The number of benzene rings is 2. The Labute approximate surface area is 294 Å². The SMILES string of the molecule is CN1CC(O)(C#CC(=O)N2CC[C@@H](N(C)c3nc(OC[C@@]45CCCN4C[C@H](F)C5)nc4c(F)c(-c5cccc6cccc(Cl)c56)ncc34)C2)C1. The molecular weight excluding hydrogens is 664 g/mol. The van der Waals surface area contributed by atoms with E-state index in [-0.39, 0.29) is 35.8 Å². The summed E-state index contributed by atoms with van der Waals surface area (Å²) in [7, 11) is 3.73. The maximum atomic E-state index is 16.8. The van der Waals surface area contributed by atoms with Gasteiger partial charge >= 0.3 is 6.01 Å². The smallest absolute Gasteiger partial charge is 0.319 e. The van der Waals surface area contributed by atoms with E-state index in [1.54, 1.807) is 23.2 Å². The van der Waals surface area contributed by atoms with Crippen LogP contribution >= 0.6 is 11.6 Å². The Morgan fingerprint density at radius 3 is 2.78 bits per heavy atom. The number of carbonyl (C=O) groups excluding carboxylic acids is 1. The lowest BCUT2D eigenvalue weighted by atomic mass is 9.95. The zero-order valence-corrected chi connectivity index (χ0v) is 28.8. The number of likely N-dealkylation sites (N-methyl/N-ethyl adjacent to an activating group) is 2. The molecule has 0 bridgehead atoms. The highest BCUT2D eigenvalue weighted by Gasteiger charge is 2.49. The summed E-state index contributed by atoms with van der Waals surface area (Å²) in [6, 6.07) is 10.9. The van der Waals surface area contributed by atoms with Crippen LogP contribution in [0.5, 0.6) is 6.01 Å². The highest BCUT2D eigenvalue weighted by atomic mass is 35.5. The molecule has 4 aliphatic rings. The minimum absolute atomic E-state index is 0.00890. The van der Waals surface area contributed by atoms with Gasteiger partial charge in [-0.2, -0.15) is 9.97 Å². The fraction of sp³-hybridized carbons (Fsp3) is 0.459. The number of nitrogens with zero attached hydrogens (tertiary/aromatic N) is 7. The Kier molecular flexibility index (Phi) is 8.30. The van der Waals surface area contributed by atoms with Crippen LogP contribution in [0.1, 0.15) is 25.7 Å². The summed E-state index contributed by atoms with van der Waals surface area (Å²) in [5.74, 6) is 4.79. The van der Waals surface area contributed by atoms with Crippen LogP contribution in [-0.2, 0) is 4.79 Å². The van der Waals surface area contributed by atoms with Gasteiger partial charge < -0.3 is 19.6 Å². The Morgan fingerprint density at radius 1 is 1.18 bits per heavy atom. The second-order valence-corrected chi connectivity index (χ2v) is 14.7. The molecule has 0 aliphatic carbocycles. The second kappa shape index (κ2) is 12.6. The van der Waals surface area contributed by atoms with Crippen molar-refractivity contribution in [3.8, 4) is 29.1 Å². The lowest BCUT2D eigenvalue weighted by Crippen LogP contribution is -2.59. The number of amides is 1. The van der Waals surface area contributed by atoms with E-state index in [0.717, 1.165) is 24.8 Å². The molecule has 1 N–H and O–H groups in total. The number of likely N-dealkylation sites (tertiary alicyclic amines) is 2. The third-order valence-electron chi connectivity index (χ3n) is 10.8. The molecule has 13 heteroatoms. The molecule has 0 unspecified atom stereocenters. The van der Waals surface area contributed by atoms with Crippen LogP contribution in [0, 0.1) is 17.7 Å². The van der Waals surface area contributed by atoms with E-state index >= 15 is 4.39 Å². The molecular formula is C37H38ClF2N7O3. The zero-order valence-electron chi connectivity index (χ0n) is 28.0. The zero-order chi connectivity index (χ0) is 34.8. The Morgan fingerprint density at radius 2 is 1.98 bits per heavy atom. The largest absolute Gasteiger partial charge is 0.461 e. The third-order valence-corrected chi connectivity index (χ3v) is 11.1. The minimum Gasteiger partial charge on any atom is -0.461 e. The number of anilines is 1. The normalized spacial score (nSPS) is 24.6. The first kappa shape index (κ1) is 33.0. The van der Waals surface area contributed by atoms with E-state index in [4.69, 9.17) is 21.3 Å². The van der Waals surface area contributed by atoms with Crippen LogP contribution in [0.25, 0.3) is 32.9 Å². The Balaban J connectivity index is 1.14. The van der Waals surface area contributed by atoms with Crippen molar-refractivity contribution in [2.45, 2.75) is 49.0 Å². The average molecular weight is 702 g/mol. The summed E-state index contributed by atoms with van der Waals surface area (Å²) in [5, 5.41) is 12.9. The molecule has 4 aromatic rings. The minimum atomic E-state index is -1.16. The molecule has 4 aliphatic heterocycles. The second-order valence-electron chi connectivity index (χ2n) is 14.3. The molecule has 10 nitrogen and oxygen atoms in total. The lowest BCUT2D eigenvalue weighted by molar-refractivity contribution is -0.124. The summed E-state index contributed by atoms with van der Waals surface area (Å²) in [4.78, 5) is 34.6. The molecule has 8 rings (SSSR count). The first-order valence-electron chi connectivity index (χ1n) is 17.0. The number of fused-ring (bicyclic) bond motifs is 3. The molecule has 260 valence electrons. The van der Waals surface area contributed by atoms with Crippen molar-refractivity contribution in [2.24, 2.45) is 0 Å². The van der Waals surface area contributed by atoms with E-state index < -0.39 is 23.1 Å². The first-order chi connectivity index (χ1) is 24.0. The Hall–Kier alpha value is -4.15. The van der Waals surface area contributed by atoms with Gasteiger partial charge in [0.25, 0.3) is 5.91 Å². The summed E-state index contributed by atoms with van der Waals surface area (Å²) < 4.78 is 37.6. The van der Waals surface area contributed by atoms with Gasteiger partial charge in [-0.1, -0.05) is 47.9 Å². The number of aromatic nitrogens is 3. The fourth-order valence-corrected chi connectivity index (χ4v) is 8.56. The van der Waals surface area contributed by atoms with E-state index in [0.29, 0.717) is 72.7 Å². The number of aliphatic hydroxyl groups is 1. The van der Waals surface area contributed by atoms with Gasteiger partial charge in [0, 0.05) is 74.4 Å². The van der Waals surface area contributed by atoms with Crippen LogP contribution in [0.2, 0.25) is 5.02 Å². The summed E-state index contributed by atoms with van der Waals surface area (Å²) in [6.45, 7) is 3.01. The third kappa shape index (κ3) is 5.80.